The predicted octanol–water partition coefficient (Wildman–Crippen LogP) is 4.57. The van der Waals surface area contributed by atoms with E-state index in [-0.39, 0.29) is 0 Å². The van der Waals surface area contributed by atoms with Crippen molar-refractivity contribution < 1.29 is 32.2 Å². The van der Waals surface area contributed by atoms with Gasteiger partial charge in [-0.25, -0.2) is 28.8 Å². The van der Waals surface area contributed by atoms with Crippen LogP contribution in [-0.4, -0.2) is 68.3 Å². The Morgan fingerprint density at radius 1 is 1.10 bits per heavy atom. The van der Waals surface area contributed by atoms with Gasteiger partial charge in [-0.05, 0) is 56.3 Å². The maximum Gasteiger partial charge on any atom is 0.490 e. The number of carbonyl (C=O) groups is 1. The molecule has 11 nitrogen and oxygen atoms in total. The van der Waals surface area contributed by atoms with Gasteiger partial charge in [0.05, 0.1) is 30.5 Å². The van der Waals surface area contributed by atoms with Crippen molar-refractivity contribution in [1.29, 1.82) is 5.26 Å². The number of nitrogens with zero attached hydrogens (tertiary/aromatic N) is 7. The first-order valence-corrected chi connectivity index (χ1v) is 12.4. The van der Waals surface area contributed by atoms with Crippen LogP contribution in [0, 0.1) is 31.0 Å². The van der Waals surface area contributed by atoms with Crippen LogP contribution in [0.15, 0.2) is 48.7 Å². The number of morpholine rings is 1. The first-order valence-electron chi connectivity index (χ1n) is 12.4. The molecule has 218 valence electrons. The molecule has 2 aromatic heterocycles. The van der Waals surface area contributed by atoms with Crippen molar-refractivity contribution in [2.24, 2.45) is 0 Å². The number of ether oxygens (including phenoxy) is 1. The lowest BCUT2D eigenvalue weighted by Gasteiger charge is -2.29. The Morgan fingerprint density at radius 3 is 2.40 bits per heavy atom. The van der Waals surface area contributed by atoms with E-state index in [9.17, 15) is 22.8 Å². The fourth-order valence-electron chi connectivity index (χ4n) is 4.04. The standard InChI is InChI=1S/C25H23FN8O.C2HF3O2/c1-16-29-17(2)34(32-16)24-4-3-20(14-22(24)26)30-25-28-6-5-23(31-25)19-11-18(15-27)12-21(13-19)33-7-9-35-10-8-33;3-2(4,5)1(6)7/h3-6,11-14H,7-10H2,1-2H3,(H,28,30,31);(H,6,7). The average Bonchev–Trinajstić information content (AvgIpc) is 3.30. The molecule has 3 heterocycles. The molecule has 5 rings (SSSR count). The van der Waals surface area contributed by atoms with Gasteiger partial charge in [0.25, 0.3) is 0 Å². The highest BCUT2D eigenvalue weighted by Gasteiger charge is 2.38. The van der Waals surface area contributed by atoms with Gasteiger partial charge in [-0.15, -0.1) is 0 Å². The van der Waals surface area contributed by atoms with Crippen molar-refractivity contribution in [3.8, 4) is 23.0 Å². The van der Waals surface area contributed by atoms with Gasteiger partial charge in [-0.2, -0.15) is 23.5 Å². The summed E-state index contributed by atoms with van der Waals surface area (Å²) >= 11 is 0. The minimum Gasteiger partial charge on any atom is -0.475 e. The molecule has 2 N–H and O–H groups in total. The molecule has 1 aliphatic heterocycles. The van der Waals surface area contributed by atoms with Gasteiger partial charge in [0, 0.05) is 36.2 Å². The number of aryl methyl sites for hydroxylation is 2. The Balaban J connectivity index is 0.000000517. The van der Waals surface area contributed by atoms with Gasteiger partial charge in [0.2, 0.25) is 5.95 Å². The van der Waals surface area contributed by atoms with Crippen molar-refractivity contribution in [3.63, 3.8) is 0 Å². The second kappa shape index (κ2) is 12.6. The Bertz CT molecular complexity index is 1630. The Hall–Kier alpha value is -5.10. The third-order valence-electron chi connectivity index (χ3n) is 5.92. The quantitative estimate of drug-likeness (QED) is 0.321. The molecule has 0 radical (unpaired) electrons. The van der Waals surface area contributed by atoms with E-state index in [0.29, 0.717) is 53.4 Å². The summed E-state index contributed by atoms with van der Waals surface area (Å²) in [7, 11) is 0. The molecule has 0 spiro atoms. The molecule has 0 atom stereocenters. The highest BCUT2D eigenvalue weighted by Crippen LogP contribution is 2.28. The SMILES string of the molecule is Cc1nc(C)n(-c2ccc(Nc3nccc(-c4cc(C#N)cc(N5CCOCC5)c4)n3)cc2F)n1.O=C(O)C(F)(F)F. The fraction of sp³-hybridized carbons (Fsp3) is 0.259. The number of anilines is 3. The van der Waals surface area contributed by atoms with Crippen LogP contribution in [0.4, 0.5) is 34.9 Å². The molecule has 0 bridgehead atoms. The minimum absolute atomic E-state index is 0.312. The summed E-state index contributed by atoms with van der Waals surface area (Å²) in [5.74, 6) is -1.71. The van der Waals surface area contributed by atoms with Gasteiger partial charge in [0.1, 0.15) is 17.3 Å². The van der Waals surface area contributed by atoms with E-state index in [4.69, 9.17) is 14.6 Å². The first kappa shape index (κ1) is 29.9. The monoisotopic (exact) mass is 584 g/mol. The van der Waals surface area contributed by atoms with E-state index in [0.717, 1.165) is 24.3 Å². The zero-order chi connectivity index (χ0) is 30.4. The van der Waals surface area contributed by atoms with Crippen LogP contribution in [0.1, 0.15) is 17.2 Å². The fourth-order valence-corrected chi connectivity index (χ4v) is 4.04. The Morgan fingerprint density at radius 2 is 1.81 bits per heavy atom. The molecule has 42 heavy (non-hydrogen) atoms. The van der Waals surface area contributed by atoms with Crippen LogP contribution in [0.3, 0.4) is 0 Å². The maximum absolute atomic E-state index is 14.9. The molecule has 4 aromatic rings. The number of halogens is 4. The van der Waals surface area contributed by atoms with Crippen molar-refractivity contribution >= 4 is 23.3 Å². The van der Waals surface area contributed by atoms with Gasteiger partial charge in [0.15, 0.2) is 5.82 Å². The number of carboxylic acids is 1. The molecule has 1 saturated heterocycles. The molecule has 15 heteroatoms. The number of nitrogens with one attached hydrogen (secondary N) is 1. The number of aliphatic carboxylic acids is 1. The highest BCUT2D eigenvalue weighted by molar-refractivity contribution is 5.73. The lowest BCUT2D eigenvalue weighted by atomic mass is 10.1. The molecule has 0 saturated carbocycles. The number of hydrogen-bond donors (Lipinski definition) is 2. The summed E-state index contributed by atoms with van der Waals surface area (Å²) in [5.41, 5.74) is 3.76. The summed E-state index contributed by atoms with van der Waals surface area (Å²) in [5, 5.41) is 24.0. The van der Waals surface area contributed by atoms with Crippen LogP contribution in [0.2, 0.25) is 0 Å². The van der Waals surface area contributed by atoms with E-state index in [1.54, 1.807) is 44.3 Å². The smallest absolute Gasteiger partial charge is 0.475 e. The summed E-state index contributed by atoms with van der Waals surface area (Å²) in [6.07, 6.45) is -3.45. The number of rotatable bonds is 5. The Kier molecular flexibility index (Phi) is 8.96. The van der Waals surface area contributed by atoms with Crippen LogP contribution in [0.25, 0.3) is 16.9 Å². The number of benzene rings is 2. The summed E-state index contributed by atoms with van der Waals surface area (Å²) < 4.78 is 53.5. The number of aromatic nitrogens is 5. The normalized spacial score (nSPS) is 13.1. The molecule has 0 unspecified atom stereocenters. The zero-order valence-corrected chi connectivity index (χ0v) is 22.4. The topological polar surface area (TPSA) is 142 Å². The summed E-state index contributed by atoms with van der Waals surface area (Å²) in [6, 6.07) is 14.4. The van der Waals surface area contributed by atoms with Gasteiger partial charge in [-0.3, -0.25) is 0 Å². The van der Waals surface area contributed by atoms with E-state index < -0.39 is 18.0 Å². The van der Waals surface area contributed by atoms with E-state index >= 15 is 0 Å². The van der Waals surface area contributed by atoms with Gasteiger partial charge in [-0.1, -0.05) is 0 Å². The third-order valence-corrected chi connectivity index (χ3v) is 5.92. The van der Waals surface area contributed by atoms with Crippen molar-refractivity contribution in [3.05, 3.63) is 71.7 Å². The molecule has 0 amide bonds. The first-order chi connectivity index (χ1) is 19.9. The van der Waals surface area contributed by atoms with Crippen molar-refractivity contribution in [2.45, 2.75) is 20.0 Å². The maximum atomic E-state index is 14.9. The van der Waals surface area contributed by atoms with Crippen LogP contribution < -0.4 is 10.2 Å². The van der Waals surface area contributed by atoms with E-state index in [1.807, 2.05) is 12.1 Å². The average molecular weight is 585 g/mol. The summed E-state index contributed by atoms with van der Waals surface area (Å²) in [6.45, 7) is 6.37. The largest absolute Gasteiger partial charge is 0.490 e. The number of carboxylic acid groups (broad SMARTS) is 1. The molecule has 1 fully saturated rings. The third kappa shape index (κ3) is 7.34. The molecule has 2 aromatic carbocycles. The van der Waals surface area contributed by atoms with Crippen molar-refractivity contribution in [2.75, 3.05) is 36.5 Å². The lowest BCUT2D eigenvalue weighted by Crippen LogP contribution is -2.36. The number of hydrogen-bond acceptors (Lipinski definition) is 9. The van der Waals surface area contributed by atoms with Crippen molar-refractivity contribution in [1.82, 2.24) is 24.7 Å². The number of alkyl halides is 3. The molecular formula is C27H24F4N8O3. The van der Waals surface area contributed by atoms with E-state index in [1.165, 1.54) is 10.7 Å². The lowest BCUT2D eigenvalue weighted by molar-refractivity contribution is -0.192. The zero-order valence-electron chi connectivity index (χ0n) is 22.4. The second-order valence-electron chi connectivity index (χ2n) is 8.96. The predicted molar refractivity (Wildman–Crippen MR) is 143 cm³/mol. The minimum atomic E-state index is -5.08. The number of nitriles is 1. The van der Waals surface area contributed by atoms with E-state index in [2.05, 4.69) is 36.3 Å². The molecule has 0 aliphatic carbocycles. The van der Waals surface area contributed by atoms with Crippen LogP contribution in [-0.2, 0) is 9.53 Å². The van der Waals surface area contributed by atoms with Crippen LogP contribution >= 0.6 is 0 Å². The Labute approximate surface area is 237 Å². The second-order valence-corrected chi connectivity index (χ2v) is 8.96. The van der Waals surface area contributed by atoms with Gasteiger partial charge >= 0.3 is 12.1 Å². The van der Waals surface area contributed by atoms with Crippen LogP contribution in [0.5, 0.6) is 0 Å². The van der Waals surface area contributed by atoms with Gasteiger partial charge < -0.3 is 20.1 Å². The summed E-state index contributed by atoms with van der Waals surface area (Å²) in [4.78, 5) is 24.2. The molecular weight excluding hydrogens is 560 g/mol. The highest BCUT2D eigenvalue weighted by atomic mass is 19.4. The molecule has 1 aliphatic rings.